The molecular formula is C12H13N3O. The number of rotatable bonds is 2. The molecule has 0 saturated heterocycles. The Morgan fingerprint density at radius 1 is 1.38 bits per heavy atom. The Hall–Kier alpha value is -1.84. The SMILES string of the molecule is Cc1ccc(N)cc1-c1nc(C2CC2)no1. The highest BCUT2D eigenvalue weighted by atomic mass is 16.5. The lowest BCUT2D eigenvalue weighted by Gasteiger charge is -2.01. The second-order valence-corrected chi connectivity index (χ2v) is 4.31. The van der Waals surface area contributed by atoms with E-state index in [1.54, 1.807) is 0 Å². The molecule has 16 heavy (non-hydrogen) atoms. The number of nitrogen functional groups attached to an aromatic ring is 1. The number of aryl methyl sites for hydroxylation is 1. The Labute approximate surface area is 93.5 Å². The molecule has 0 radical (unpaired) electrons. The van der Waals surface area contributed by atoms with Crippen LogP contribution in [-0.4, -0.2) is 10.1 Å². The van der Waals surface area contributed by atoms with Gasteiger partial charge in [-0.3, -0.25) is 0 Å². The van der Waals surface area contributed by atoms with Crippen molar-refractivity contribution in [3.63, 3.8) is 0 Å². The van der Waals surface area contributed by atoms with Gasteiger partial charge in [-0.05, 0) is 37.5 Å². The summed E-state index contributed by atoms with van der Waals surface area (Å²) in [6.45, 7) is 2.01. The van der Waals surface area contributed by atoms with Crippen LogP contribution in [0.3, 0.4) is 0 Å². The van der Waals surface area contributed by atoms with Crippen molar-refractivity contribution < 1.29 is 4.52 Å². The van der Waals surface area contributed by atoms with Crippen molar-refractivity contribution in [2.75, 3.05) is 5.73 Å². The Bertz CT molecular complexity index is 529. The molecule has 1 saturated carbocycles. The maximum Gasteiger partial charge on any atom is 0.258 e. The molecule has 0 unspecified atom stereocenters. The summed E-state index contributed by atoms with van der Waals surface area (Å²) in [5.74, 6) is 1.92. The number of aromatic nitrogens is 2. The van der Waals surface area contributed by atoms with E-state index in [1.807, 2.05) is 25.1 Å². The molecule has 0 bridgehead atoms. The van der Waals surface area contributed by atoms with E-state index < -0.39 is 0 Å². The lowest BCUT2D eigenvalue weighted by atomic mass is 10.1. The standard InChI is InChI=1S/C12H13N3O/c1-7-2-5-9(13)6-10(7)12-14-11(15-16-12)8-3-4-8/h2,5-6,8H,3-4,13H2,1H3. The molecule has 0 spiro atoms. The molecular weight excluding hydrogens is 202 g/mol. The zero-order valence-corrected chi connectivity index (χ0v) is 9.10. The summed E-state index contributed by atoms with van der Waals surface area (Å²) in [4.78, 5) is 4.41. The highest BCUT2D eigenvalue weighted by molar-refractivity contribution is 5.63. The predicted molar refractivity (Wildman–Crippen MR) is 60.9 cm³/mol. The summed E-state index contributed by atoms with van der Waals surface area (Å²) >= 11 is 0. The van der Waals surface area contributed by atoms with E-state index in [2.05, 4.69) is 10.1 Å². The quantitative estimate of drug-likeness (QED) is 0.782. The Balaban J connectivity index is 2.03. The van der Waals surface area contributed by atoms with Gasteiger partial charge in [-0.15, -0.1) is 0 Å². The maximum absolute atomic E-state index is 5.75. The lowest BCUT2D eigenvalue weighted by molar-refractivity contribution is 0.422. The number of nitrogens with two attached hydrogens (primary N) is 1. The van der Waals surface area contributed by atoms with E-state index in [0.717, 1.165) is 17.0 Å². The van der Waals surface area contributed by atoms with Gasteiger partial charge in [0, 0.05) is 17.2 Å². The Morgan fingerprint density at radius 2 is 2.19 bits per heavy atom. The molecule has 4 heteroatoms. The van der Waals surface area contributed by atoms with Crippen molar-refractivity contribution in [2.45, 2.75) is 25.7 Å². The zero-order chi connectivity index (χ0) is 11.1. The minimum Gasteiger partial charge on any atom is -0.399 e. The smallest absolute Gasteiger partial charge is 0.258 e. The van der Waals surface area contributed by atoms with Crippen LogP contribution in [0.25, 0.3) is 11.5 Å². The summed E-state index contributed by atoms with van der Waals surface area (Å²) < 4.78 is 5.27. The third-order valence-corrected chi connectivity index (χ3v) is 2.88. The molecule has 0 atom stereocenters. The van der Waals surface area contributed by atoms with Gasteiger partial charge in [0.25, 0.3) is 5.89 Å². The molecule has 2 N–H and O–H groups in total. The molecule has 1 aromatic heterocycles. The highest BCUT2D eigenvalue weighted by Crippen LogP contribution is 2.39. The van der Waals surface area contributed by atoms with E-state index >= 15 is 0 Å². The first-order chi connectivity index (χ1) is 7.74. The molecule has 1 aromatic carbocycles. The largest absolute Gasteiger partial charge is 0.399 e. The van der Waals surface area contributed by atoms with Crippen molar-refractivity contribution in [3.05, 3.63) is 29.6 Å². The van der Waals surface area contributed by atoms with E-state index in [0.29, 0.717) is 17.5 Å². The van der Waals surface area contributed by atoms with Crippen molar-refractivity contribution in [3.8, 4) is 11.5 Å². The number of hydrogen-bond acceptors (Lipinski definition) is 4. The van der Waals surface area contributed by atoms with Gasteiger partial charge in [-0.2, -0.15) is 4.98 Å². The summed E-state index contributed by atoms with van der Waals surface area (Å²) in [7, 11) is 0. The average Bonchev–Trinajstić information content (AvgIpc) is 3.01. The third-order valence-electron chi connectivity index (χ3n) is 2.88. The fourth-order valence-corrected chi connectivity index (χ4v) is 1.72. The lowest BCUT2D eigenvalue weighted by Crippen LogP contribution is -1.89. The van der Waals surface area contributed by atoms with Crippen molar-refractivity contribution in [1.82, 2.24) is 10.1 Å². The Kier molecular flexibility index (Phi) is 1.96. The van der Waals surface area contributed by atoms with Crippen LogP contribution in [-0.2, 0) is 0 Å². The van der Waals surface area contributed by atoms with Crippen LogP contribution < -0.4 is 5.73 Å². The molecule has 1 aliphatic carbocycles. The van der Waals surface area contributed by atoms with Crippen LogP contribution >= 0.6 is 0 Å². The first-order valence-corrected chi connectivity index (χ1v) is 5.44. The van der Waals surface area contributed by atoms with Crippen molar-refractivity contribution >= 4 is 5.69 Å². The van der Waals surface area contributed by atoms with Crippen LogP contribution in [0.15, 0.2) is 22.7 Å². The predicted octanol–water partition coefficient (Wildman–Crippen LogP) is 2.50. The zero-order valence-electron chi connectivity index (χ0n) is 9.10. The van der Waals surface area contributed by atoms with Gasteiger partial charge in [0.15, 0.2) is 5.82 Å². The van der Waals surface area contributed by atoms with E-state index in [1.165, 1.54) is 12.8 Å². The third kappa shape index (κ3) is 1.56. The summed E-state index contributed by atoms with van der Waals surface area (Å²) in [5, 5.41) is 4.00. The number of nitrogens with zero attached hydrogens (tertiary/aromatic N) is 2. The molecule has 4 nitrogen and oxygen atoms in total. The van der Waals surface area contributed by atoms with Crippen LogP contribution in [0.2, 0.25) is 0 Å². The molecule has 3 rings (SSSR count). The van der Waals surface area contributed by atoms with Crippen LogP contribution in [0.1, 0.15) is 30.1 Å². The Morgan fingerprint density at radius 3 is 2.94 bits per heavy atom. The first-order valence-electron chi connectivity index (χ1n) is 5.44. The molecule has 1 heterocycles. The monoisotopic (exact) mass is 215 g/mol. The molecule has 1 aliphatic rings. The highest BCUT2D eigenvalue weighted by Gasteiger charge is 2.29. The fraction of sp³-hybridized carbons (Fsp3) is 0.333. The number of anilines is 1. The fourth-order valence-electron chi connectivity index (χ4n) is 1.72. The maximum atomic E-state index is 5.75. The average molecular weight is 215 g/mol. The first kappa shape index (κ1) is 9.39. The van der Waals surface area contributed by atoms with Crippen molar-refractivity contribution in [1.29, 1.82) is 0 Å². The number of hydrogen-bond donors (Lipinski definition) is 1. The summed E-state index contributed by atoms with van der Waals surface area (Å²) in [6.07, 6.45) is 2.35. The van der Waals surface area contributed by atoms with Gasteiger partial charge in [0.1, 0.15) is 0 Å². The summed E-state index contributed by atoms with van der Waals surface area (Å²) in [6, 6.07) is 5.71. The molecule has 0 aliphatic heterocycles. The van der Waals surface area contributed by atoms with Gasteiger partial charge in [-0.25, -0.2) is 0 Å². The van der Waals surface area contributed by atoms with E-state index in [4.69, 9.17) is 10.3 Å². The van der Waals surface area contributed by atoms with Crippen LogP contribution in [0, 0.1) is 6.92 Å². The van der Waals surface area contributed by atoms with Gasteiger partial charge in [0.2, 0.25) is 0 Å². The number of benzene rings is 1. The van der Waals surface area contributed by atoms with Crippen LogP contribution in [0.4, 0.5) is 5.69 Å². The second kappa shape index (κ2) is 3.33. The molecule has 0 amide bonds. The summed E-state index contributed by atoms with van der Waals surface area (Å²) in [5.41, 5.74) is 8.50. The molecule has 1 fully saturated rings. The van der Waals surface area contributed by atoms with Gasteiger partial charge >= 0.3 is 0 Å². The van der Waals surface area contributed by atoms with E-state index in [-0.39, 0.29) is 0 Å². The molecule has 2 aromatic rings. The van der Waals surface area contributed by atoms with Gasteiger partial charge < -0.3 is 10.3 Å². The second-order valence-electron chi connectivity index (χ2n) is 4.31. The van der Waals surface area contributed by atoms with Gasteiger partial charge in [0.05, 0.1) is 0 Å². The van der Waals surface area contributed by atoms with E-state index in [9.17, 15) is 0 Å². The minimum absolute atomic E-state index is 0.513. The van der Waals surface area contributed by atoms with Gasteiger partial charge in [-0.1, -0.05) is 11.2 Å². The minimum atomic E-state index is 0.513. The topological polar surface area (TPSA) is 64.9 Å². The van der Waals surface area contributed by atoms with Crippen molar-refractivity contribution in [2.24, 2.45) is 0 Å². The van der Waals surface area contributed by atoms with Crippen LogP contribution in [0.5, 0.6) is 0 Å². The molecule has 82 valence electrons. The normalized spacial score (nSPS) is 15.3.